The van der Waals surface area contributed by atoms with E-state index in [9.17, 15) is 46.0 Å². The van der Waals surface area contributed by atoms with Crippen molar-refractivity contribution in [1.82, 2.24) is 9.13 Å². The summed E-state index contributed by atoms with van der Waals surface area (Å²) in [5, 5.41) is 12.1. The van der Waals surface area contributed by atoms with Crippen LogP contribution in [0.5, 0.6) is 0 Å². The molecule has 0 atom stereocenters. The Morgan fingerprint density at radius 2 is 1.78 bits per heavy atom. The number of nitriles is 1. The van der Waals surface area contributed by atoms with Crippen LogP contribution < -0.4 is 11.0 Å². The quantitative estimate of drug-likeness (QED) is 0.210. The fourth-order valence-electron chi connectivity index (χ4n) is 4.35. The van der Waals surface area contributed by atoms with E-state index >= 15 is 0 Å². The topological polar surface area (TPSA) is 96.9 Å². The molecule has 0 saturated heterocycles. The Hall–Kier alpha value is -4.57. The first-order valence-corrected chi connectivity index (χ1v) is 12.1. The largest absolute Gasteiger partial charge is 0.416 e. The van der Waals surface area contributed by atoms with Crippen LogP contribution in [0.25, 0.3) is 11.0 Å². The monoisotopic (exact) mass is 594 g/mol. The maximum absolute atomic E-state index is 14.0. The molecule has 4 rings (SSSR count). The van der Waals surface area contributed by atoms with Crippen molar-refractivity contribution < 1.29 is 35.9 Å². The first-order chi connectivity index (χ1) is 19.3. The van der Waals surface area contributed by atoms with E-state index in [1.54, 1.807) is 6.07 Å². The third kappa shape index (κ3) is 5.55. The average Bonchev–Trinajstić information content (AvgIpc) is 3.15. The second-order valence-corrected chi connectivity index (χ2v) is 9.23. The molecule has 14 heteroatoms. The summed E-state index contributed by atoms with van der Waals surface area (Å²) in [4.78, 5) is 39.7. The lowest BCUT2D eigenvalue weighted by Gasteiger charge is -2.16. The number of rotatable bonds is 7. The number of hydrogen-bond donors (Lipinski definition) is 1. The first kappa shape index (κ1) is 29.4. The zero-order valence-electron chi connectivity index (χ0n) is 20.9. The van der Waals surface area contributed by atoms with Crippen LogP contribution in [-0.2, 0) is 19.8 Å². The molecule has 3 aromatic carbocycles. The summed E-state index contributed by atoms with van der Waals surface area (Å²) in [5.74, 6) is -4.61. The summed E-state index contributed by atoms with van der Waals surface area (Å²) < 4.78 is 82.8. The van der Waals surface area contributed by atoms with Gasteiger partial charge in [0.15, 0.2) is 5.78 Å². The van der Waals surface area contributed by atoms with Gasteiger partial charge in [-0.1, -0.05) is 11.6 Å². The number of halogens is 7. The zero-order chi connectivity index (χ0) is 30.2. The van der Waals surface area contributed by atoms with Crippen molar-refractivity contribution in [2.75, 3.05) is 12.0 Å². The minimum Gasteiger partial charge on any atom is -0.321 e. The summed E-state index contributed by atoms with van der Waals surface area (Å²) >= 11 is 6.10. The summed E-state index contributed by atoms with van der Waals surface area (Å²) in [5.41, 5.74) is -4.96. The van der Waals surface area contributed by atoms with E-state index in [2.05, 4.69) is 5.32 Å². The van der Waals surface area contributed by atoms with Gasteiger partial charge < -0.3 is 5.32 Å². The number of hydrogen-bond acceptors (Lipinski definition) is 4. The van der Waals surface area contributed by atoms with E-state index in [0.717, 1.165) is 33.4 Å². The van der Waals surface area contributed by atoms with Crippen LogP contribution in [-0.4, -0.2) is 27.5 Å². The predicted molar refractivity (Wildman–Crippen MR) is 137 cm³/mol. The highest BCUT2D eigenvalue weighted by atomic mass is 35.5. The van der Waals surface area contributed by atoms with Crippen LogP contribution in [0.15, 0.2) is 47.3 Å². The summed E-state index contributed by atoms with van der Waals surface area (Å²) in [6, 6.07) is 6.79. The molecule has 0 saturated carbocycles. The van der Waals surface area contributed by atoms with Crippen LogP contribution in [0.4, 0.5) is 32.0 Å². The molecule has 1 amide bonds. The molecule has 1 aromatic heterocycles. The zero-order valence-corrected chi connectivity index (χ0v) is 21.6. The fourth-order valence-corrected chi connectivity index (χ4v) is 4.55. The van der Waals surface area contributed by atoms with Crippen molar-refractivity contribution in [1.29, 1.82) is 5.26 Å². The van der Waals surface area contributed by atoms with Crippen LogP contribution in [0.2, 0.25) is 5.02 Å². The average molecular weight is 595 g/mol. The molecule has 0 spiro atoms. The number of benzene rings is 3. The van der Waals surface area contributed by atoms with E-state index in [1.807, 2.05) is 0 Å². The predicted octanol–water partition coefficient (Wildman–Crippen LogP) is 6.00. The molecular formula is C27H17ClF6N4O3. The molecule has 41 heavy (non-hydrogen) atoms. The second-order valence-electron chi connectivity index (χ2n) is 8.82. The van der Waals surface area contributed by atoms with E-state index in [0.29, 0.717) is 12.1 Å². The van der Waals surface area contributed by atoms with Gasteiger partial charge in [-0.25, -0.2) is 13.6 Å². The number of ketones is 1. The number of alkyl halides is 4. The van der Waals surface area contributed by atoms with Gasteiger partial charge >= 0.3 is 11.9 Å². The summed E-state index contributed by atoms with van der Waals surface area (Å²) in [6.45, 7) is -0.958. The molecule has 0 aliphatic carbocycles. The van der Waals surface area contributed by atoms with Crippen LogP contribution in [0.1, 0.15) is 43.8 Å². The highest BCUT2D eigenvalue weighted by Crippen LogP contribution is 2.34. The molecule has 0 unspecified atom stereocenters. The van der Waals surface area contributed by atoms with Gasteiger partial charge in [0.05, 0.1) is 45.1 Å². The Morgan fingerprint density at radius 3 is 2.41 bits per heavy atom. The van der Waals surface area contributed by atoms with Gasteiger partial charge in [0.2, 0.25) is 0 Å². The number of carbonyl (C=O) groups is 2. The number of fused-ring (bicyclic) bond motifs is 1. The van der Waals surface area contributed by atoms with Crippen LogP contribution >= 0.6 is 11.6 Å². The lowest BCUT2D eigenvalue weighted by molar-refractivity contribution is -0.137. The first-order valence-electron chi connectivity index (χ1n) is 11.7. The highest BCUT2D eigenvalue weighted by Gasteiger charge is 2.33. The van der Waals surface area contributed by atoms with E-state index in [-0.39, 0.29) is 35.1 Å². The fraction of sp³-hybridized carbons (Fsp3) is 0.185. The smallest absolute Gasteiger partial charge is 0.321 e. The Bertz CT molecular complexity index is 1820. The van der Waals surface area contributed by atoms with Crippen LogP contribution in [0.3, 0.4) is 0 Å². The molecule has 1 heterocycles. The summed E-state index contributed by atoms with van der Waals surface area (Å²) in [6.07, 6.45) is -5.10. The number of aromatic nitrogens is 2. The van der Waals surface area contributed by atoms with Crippen molar-refractivity contribution in [2.24, 2.45) is 7.05 Å². The maximum Gasteiger partial charge on any atom is 0.416 e. The molecule has 1 N–H and O–H groups in total. The van der Waals surface area contributed by atoms with Crippen molar-refractivity contribution >= 4 is 40.0 Å². The van der Waals surface area contributed by atoms with Crippen LogP contribution in [0, 0.1) is 23.0 Å². The van der Waals surface area contributed by atoms with Crippen molar-refractivity contribution in [3.8, 4) is 6.07 Å². The number of nitrogens with zero attached hydrogens (tertiary/aromatic N) is 3. The van der Waals surface area contributed by atoms with Gasteiger partial charge in [0.1, 0.15) is 17.7 Å². The number of imidazole rings is 1. The lowest BCUT2D eigenvalue weighted by atomic mass is 9.95. The highest BCUT2D eigenvalue weighted by molar-refractivity contribution is 6.35. The Kier molecular flexibility index (Phi) is 7.98. The molecule has 7 nitrogen and oxygen atoms in total. The van der Waals surface area contributed by atoms with Gasteiger partial charge in [-0.05, 0) is 48.9 Å². The third-order valence-corrected chi connectivity index (χ3v) is 6.52. The molecule has 0 fully saturated rings. The maximum atomic E-state index is 14.0. The second kappa shape index (κ2) is 11.1. The van der Waals surface area contributed by atoms with Gasteiger partial charge in [-0.15, -0.1) is 0 Å². The number of amides is 1. The molecule has 0 bridgehead atoms. The van der Waals surface area contributed by atoms with E-state index in [1.165, 1.54) is 7.05 Å². The van der Waals surface area contributed by atoms with Crippen molar-refractivity contribution in [3.63, 3.8) is 0 Å². The Labute approximate surface area is 232 Å². The summed E-state index contributed by atoms with van der Waals surface area (Å²) in [7, 11) is 1.28. The van der Waals surface area contributed by atoms with Gasteiger partial charge in [0, 0.05) is 24.7 Å². The number of anilines is 1. The van der Waals surface area contributed by atoms with Crippen molar-refractivity contribution in [3.05, 3.63) is 97.4 Å². The normalized spacial score (nSPS) is 11.5. The minimum absolute atomic E-state index is 0.0186. The molecule has 212 valence electrons. The van der Waals surface area contributed by atoms with E-state index in [4.69, 9.17) is 11.6 Å². The lowest BCUT2D eigenvalue weighted by Crippen LogP contribution is -2.22. The number of aryl methyl sites for hydroxylation is 2. The van der Waals surface area contributed by atoms with Gasteiger partial charge in [0.25, 0.3) is 5.91 Å². The molecule has 0 radical (unpaired) electrons. The molecular weight excluding hydrogens is 578 g/mol. The van der Waals surface area contributed by atoms with Gasteiger partial charge in [-0.3, -0.25) is 23.1 Å². The molecule has 4 aromatic rings. The third-order valence-electron chi connectivity index (χ3n) is 6.19. The SMILES string of the molecule is Cn1c(=O)n(CCCF)c2cc(NC(=O)c3cc(F)cc(C(F)(F)F)c3)c(C(=O)c3cc(F)ccc3Cl)c(C#N)c21. The van der Waals surface area contributed by atoms with Crippen molar-refractivity contribution in [2.45, 2.75) is 19.1 Å². The van der Waals surface area contributed by atoms with E-state index < -0.39 is 75.4 Å². The molecule has 0 aliphatic rings. The molecule has 0 aliphatic heterocycles. The minimum atomic E-state index is -4.99. The standard InChI is InChI=1S/C27H17ClF6N4O3/c1-37-23-18(12-35)22(24(39)17-10-15(30)3-4-19(17)28)20(11-21(23)38(26(37)41)6-2-5-29)36-25(40)13-7-14(27(32,33)34)9-16(31)8-13/h3-4,7-11H,2,5-6H2,1H3,(H,36,40). The number of nitrogens with one attached hydrogen (secondary N) is 1. The Balaban J connectivity index is 2.01. The Morgan fingerprint density at radius 1 is 1.07 bits per heavy atom. The van der Waals surface area contributed by atoms with Gasteiger partial charge in [-0.2, -0.15) is 18.4 Å². The number of carbonyl (C=O) groups excluding carboxylic acids is 2.